The average molecular weight is 324 g/mol. The van der Waals surface area contributed by atoms with Gasteiger partial charge in [0.2, 0.25) is 11.8 Å². The van der Waals surface area contributed by atoms with E-state index in [0.717, 1.165) is 11.1 Å². The van der Waals surface area contributed by atoms with Crippen molar-refractivity contribution in [2.24, 2.45) is 0 Å². The standard InChI is InChI=1S/C20H24N2O2/c1-17(23)22(16-19-11-7-4-8-12-19)14-13-20(24)21(2)15-18-9-5-3-6-10-18/h3-12H,13-16H2,1-2H3. The zero-order valence-electron chi connectivity index (χ0n) is 14.3. The molecule has 0 spiro atoms. The Hall–Kier alpha value is -2.62. The van der Waals surface area contributed by atoms with Crippen molar-refractivity contribution in [3.05, 3.63) is 71.8 Å². The number of rotatable bonds is 7. The molecule has 126 valence electrons. The Morgan fingerprint density at radius 3 is 1.83 bits per heavy atom. The van der Waals surface area contributed by atoms with Crippen LogP contribution in [0.5, 0.6) is 0 Å². The highest BCUT2D eigenvalue weighted by Crippen LogP contribution is 2.08. The fourth-order valence-corrected chi connectivity index (χ4v) is 2.52. The maximum atomic E-state index is 12.3. The molecule has 0 aliphatic rings. The topological polar surface area (TPSA) is 40.6 Å². The van der Waals surface area contributed by atoms with E-state index in [9.17, 15) is 9.59 Å². The molecule has 4 heteroatoms. The molecule has 0 radical (unpaired) electrons. The average Bonchev–Trinajstić information content (AvgIpc) is 2.59. The highest BCUT2D eigenvalue weighted by molar-refractivity contribution is 5.78. The van der Waals surface area contributed by atoms with Gasteiger partial charge in [0.15, 0.2) is 0 Å². The Morgan fingerprint density at radius 1 is 0.833 bits per heavy atom. The van der Waals surface area contributed by atoms with Gasteiger partial charge in [-0.1, -0.05) is 60.7 Å². The van der Waals surface area contributed by atoms with E-state index in [0.29, 0.717) is 26.1 Å². The van der Waals surface area contributed by atoms with Crippen LogP contribution in [0.2, 0.25) is 0 Å². The van der Waals surface area contributed by atoms with E-state index >= 15 is 0 Å². The molecule has 0 aliphatic carbocycles. The van der Waals surface area contributed by atoms with Crippen molar-refractivity contribution in [3.8, 4) is 0 Å². The van der Waals surface area contributed by atoms with Crippen molar-refractivity contribution in [2.75, 3.05) is 13.6 Å². The molecule has 0 unspecified atom stereocenters. The van der Waals surface area contributed by atoms with Crippen molar-refractivity contribution in [1.82, 2.24) is 9.80 Å². The lowest BCUT2D eigenvalue weighted by Gasteiger charge is -2.23. The van der Waals surface area contributed by atoms with Gasteiger partial charge in [-0.25, -0.2) is 0 Å². The Bertz CT molecular complexity index is 656. The molecule has 24 heavy (non-hydrogen) atoms. The molecule has 2 aromatic carbocycles. The number of carbonyl (C=O) groups excluding carboxylic acids is 2. The number of nitrogens with zero attached hydrogens (tertiary/aromatic N) is 2. The number of hydrogen-bond donors (Lipinski definition) is 0. The predicted octanol–water partition coefficient (Wildman–Crippen LogP) is 3.08. The van der Waals surface area contributed by atoms with Gasteiger partial charge in [-0.2, -0.15) is 0 Å². The first-order valence-electron chi connectivity index (χ1n) is 8.13. The van der Waals surface area contributed by atoms with Crippen molar-refractivity contribution in [2.45, 2.75) is 26.4 Å². The van der Waals surface area contributed by atoms with E-state index in [4.69, 9.17) is 0 Å². The molecule has 0 aliphatic heterocycles. The van der Waals surface area contributed by atoms with Crippen LogP contribution >= 0.6 is 0 Å². The van der Waals surface area contributed by atoms with E-state index in [1.807, 2.05) is 60.7 Å². The summed E-state index contributed by atoms with van der Waals surface area (Å²) in [6.45, 7) is 3.09. The third-order valence-corrected chi connectivity index (χ3v) is 3.95. The molecule has 0 N–H and O–H groups in total. The van der Waals surface area contributed by atoms with Crippen LogP contribution in [0, 0.1) is 0 Å². The fourth-order valence-electron chi connectivity index (χ4n) is 2.52. The highest BCUT2D eigenvalue weighted by Gasteiger charge is 2.14. The summed E-state index contributed by atoms with van der Waals surface area (Å²) in [4.78, 5) is 27.6. The molecular formula is C20H24N2O2. The van der Waals surface area contributed by atoms with Crippen LogP contribution < -0.4 is 0 Å². The first-order chi connectivity index (χ1) is 11.6. The van der Waals surface area contributed by atoms with Crippen molar-refractivity contribution < 1.29 is 9.59 Å². The third-order valence-electron chi connectivity index (χ3n) is 3.95. The van der Waals surface area contributed by atoms with Gasteiger partial charge in [0.25, 0.3) is 0 Å². The van der Waals surface area contributed by atoms with Crippen LogP contribution in [-0.2, 0) is 22.7 Å². The largest absolute Gasteiger partial charge is 0.341 e. The molecule has 2 rings (SSSR count). The fraction of sp³-hybridized carbons (Fsp3) is 0.300. The van der Waals surface area contributed by atoms with Crippen LogP contribution in [0.4, 0.5) is 0 Å². The van der Waals surface area contributed by atoms with Crippen LogP contribution in [-0.4, -0.2) is 35.2 Å². The minimum Gasteiger partial charge on any atom is -0.341 e. The van der Waals surface area contributed by atoms with E-state index < -0.39 is 0 Å². The van der Waals surface area contributed by atoms with Crippen LogP contribution in [0.3, 0.4) is 0 Å². The lowest BCUT2D eigenvalue weighted by molar-refractivity contribution is -0.133. The van der Waals surface area contributed by atoms with Crippen molar-refractivity contribution in [1.29, 1.82) is 0 Å². The molecule has 0 bridgehead atoms. The number of carbonyl (C=O) groups is 2. The van der Waals surface area contributed by atoms with Gasteiger partial charge in [0.05, 0.1) is 0 Å². The second-order valence-electron chi connectivity index (χ2n) is 5.91. The van der Waals surface area contributed by atoms with Gasteiger partial charge >= 0.3 is 0 Å². The van der Waals surface area contributed by atoms with Gasteiger partial charge < -0.3 is 9.80 Å². The summed E-state index contributed by atoms with van der Waals surface area (Å²) in [6, 6.07) is 19.7. The molecular weight excluding hydrogens is 300 g/mol. The number of amides is 2. The molecule has 4 nitrogen and oxygen atoms in total. The Morgan fingerprint density at radius 2 is 1.33 bits per heavy atom. The molecule has 2 aromatic rings. The first-order valence-corrected chi connectivity index (χ1v) is 8.13. The maximum absolute atomic E-state index is 12.3. The van der Waals surface area contributed by atoms with E-state index in [-0.39, 0.29) is 11.8 Å². The summed E-state index contributed by atoms with van der Waals surface area (Å²) in [5.74, 6) is 0.0236. The molecule has 0 saturated heterocycles. The second-order valence-corrected chi connectivity index (χ2v) is 5.91. The van der Waals surface area contributed by atoms with Crippen LogP contribution in [0.25, 0.3) is 0 Å². The number of hydrogen-bond acceptors (Lipinski definition) is 2. The molecule has 0 fully saturated rings. The summed E-state index contributed by atoms with van der Waals surface area (Å²) in [5.41, 5.74) is 2.17. The van der Waals surface area contributed by atoms with E-state index in [1.54, 1.807) is 23.8 Å². The highest BCUT2D eigenvalue weighted by atomic mass is 16.2. The summed E-state index contributed by atoms with van der Waals surface area (Å²) in [6.07, 6.45) is 0.329. The van der Waals surface area contributed by atoms with Gasteiger partial charge in [-0.15, -0.1) is 0 Å². The summed E-state index contributed by atoms with van der Waals surface area (Å²) in [5, 5.41) is 0. The predicted molar refractivity (Wildman–Crippen MR) is 95.1 cm³/mol. The normalized spacial score (nSPS) is 10.2. The Labute approximate surface area is 143 Å². The lowest BCUT2D eigenvalue weighted by Crippen LogP contribution is -2.34. The smallest absolute Gasteiger partial charge is 0.224 e. The van der Waals surface area contributed by atoms with Crippen molar-refractivity contribution in [3.63, 3.8) is 0 Å². The lowest BCUT2D eigenvalue weighted by atomic mass is 10.2. The summed E-state index contributed by atoms with van der Waals surface area (Å²) >= 11 is 0. The van der Waals surface area contributed by atoms with Crippen LogP contribution in [0.15, 0.2) is 60.7 Å². The van der Waals surface area contributed by atoms with E-state index in [1.165, 1.54) is 0 Å². The molecule has 0 heterocycles. The Kier molecular flexibility index (Phi) is 6.55. The monoisotopic (exact) mass is 324 g/mol. The zero-order chi connectivity index (χ0) is 17.4. The van der Waals surface area contributed by atoms with Gasteiger partial charge in [0, 0.05) is 40.0 Å². The summed E-state index contributed by atoms with van der Waals surface area (Å²) in [7, 11) is 1.80. The van der Waals surface area contributed by atoms with Gasteiger partial charge in [-0.05, 0) is 11.1 Å². The quantitative estimate of drug-likeness (QED) is 0.785. The van der Waals surface area contributed by atoms with Gasteiger partial charge in [0.1, 0.15) is 0 Å². The SMILES string of the molecule is CC(=O)N(CCC(=O)N(C)Cc1ccccc1)Cc1ccccc1. The van der Waals surface area contributed by atoms with Crippen LogP contribution in [0.1, 0.15) is 24.5 Å². The first kappa shape index (κ1) is 17.7. The minimum absolute atomic E-state index is 0.0163. The minimum atomic E-state index is -0.0163. The maximum Gasteiger partial charge on any atom is 0.224 e. The molecule has 0 saturated carbocycles. The third kappa shape index (κ3) is 5.54. The Balaban J connectivity index is 1.86. The summed E-state index contributed by atoms with van der Waals surface area (Å²) < 4.78 is 0. The van der Waals surface area contributed by atoms with Crippen molar-refractivity contribution >= 4 is 11.8 Å². The van der Waals surface area contributed by atoms with E-state index in [2.05, 4.69) is 0 Å². The molecule has 2 amide bonds. The van der Waals surface area contributed by atoms with Gasteiger partial charge in [-0.3, -0.25) is 9.59 Å². The zero-order valence-corrected chi connectivity index (χ0v) is 14.3. The molecule has 0 aromatic heterocycles. The second kappa shape index (κ2) is 8.87. The molecule has 0 atom stereocenters. The number of benzene rings is 2.